The summed E-state index contributed by atoms with van der Waals surface area (Å²) in [5.74, 6) is 0.260. The number of fused-ring (bicyclic) bond motifs is 2. The van der Waals surface area contributed by atoms with E-state index in [0.29, 0.717) is 17.4 Å². The van der Waals surface area contributed by atoms with E-state index in [0.717, 1.165) is 47.0 Å². The number of pyridine rings is 1. The van der Waals surface area contributed by atoms with Crippen LogP contribution < -0.4 is 10.2 Å². The summed E-state index contributed by atoms with van der Waals surface area (Å²) < 4.78 is 28.1. The zero-order chi connectivity index (χ0) is 26.1. The molecule has 0 atom stereocenters. The number of aliphatic hydroxyl groups excluding tert-OH is 1. The van der Waals surface area contributed by atoms with Crippen molar-refractivity contribution in [2.75, 3.05) is 49.5 Å². The fourth-order valence-corrected chi connectivity index (χ4v) is 6.06. The molecule has 0 spiro atoms. The van der Waals surface area contributed by atoms with E-state index in [4.69, 9.17) is 5.11 Å². The first-order valence-corrected chi connectivity index (χ1v) is 13.7. The molecule has 12 heteroatoms. The van der Waals surface area contributed by atoms with Crippen LogP contribution in [-0.2, 0) is 10.0 Å². The topological polar surface area (TPSA) is 129 Å². The summed E-state index contributed by atoms with van der Waals surface area (Å²) in [5.41, 5.74) is 2.44. The van der Waals surface area contributed by atoms with Gasteiger partial charge in [-0.2, -0.15) is 18.5 Å². The third-order valence-corrected chi connectivity index (χ3v) is 8.26. The number of para-hydroxylation sites is 1. The van der Waals surface area contributed by atoms with Crippen molar-refractivity contribution >= 4 is 49.3 Å². The van der Waals surface area contributed by atoms with Crippen molar-refractivity contribution in [2.24, 2.45) is 0 Å². The molecule has 11 nitrogen and oxygen atoms in total. The Balaban J connectivity index is 1.25. The Morgan fingerprint density at radius 1 is 0.895 bits per heavy atom. The monoisotopic (exact) mass is 530 g/mol. The molecule has 4 heterocycles. The van der Waals surface area contributed by atoms with Crippen molar-refractivity contribution in [3.63, 3.8) is 0 Å². The molecule has 1 fully saturated rings. The van der Waals surface area contributed by atoms with Crippen LogP contribution in [0.3, 0.4) is 0 Å². The maximum absolute atomic E-state index is 13.6. The van der Waals surface area contributed by atoms with Gasteiger partial charge in [0.2, 0.25) is 5.95 Å². The van der Waals surface area contributed by atoms with Crippen molar-refractivity contribution in [1.82, 2.24) is 29.0 Å². The van der Waals surface area contributed by atoms with E-state index in [1.54, 1.807) is 24.5 Å². The number of anilines is 3. The second-order valence-electron chi connectivity index (χ2n) is 9.02. The molecule has 0 radical (unpaired) electrons. The second kappa shape index (κ2) is 9.97. The molecule has 194 valence electrons. The van der Waals surface area contributed by atoms with E-state index >= 15 is 0 Å². The number of rotatable bonds is 7. The van der Waals surface area contributed by atoms with Crippen LogP contribution >= 0.6 is 0 Å². The SMILES string of the molecule is O=S(=O)(c1cccc2cccnc12)n1ncc2cnc(Nc3ccc(N4CCN(CCO)CC4)cc3)nc21. The summed E-state index contributed by atoms with van der Waals surface area (Å²) in [7, 11) is -4.06. The van der Waals surface area contributed by atoms with Crippen LogP contribution in [0.1, 0.15) is 0 Å². The van der Waals surface area contributed by atoms with Gasteiger partial charge in [-0.25, -0.2) is 4.98 Å². The highest BCUT2D eigenvalue weighted by molar-refractivity contribution is 7.90. The van der Waals surface area contributed by atoms with Crippen molar-refractivity contribution in [1.29, 1.82) is 0 Å². The van der Waals surface area contributed by atoms with E-state index in [9.17, 15) is 8.42 Å². The van der Waals surface area contributed by atoms with E-state index in [1.807, 2.05) is 36.4 Å². The predicted octanol–water partition coefficient (Wildman–Crippen LogP) is 2.47. The molecule has 0 amide bonds. The molecule has 0 bridgehead atoms. The summed E-state index contributed by atoms with van der Waals surface area (Å²) in [4.78, 5) is 17.7. The lowest BCUT2D eigenvalue weighted by Crippen LogP contribution is -2.47. The van der Waals surface area contributed by atoms with Gasteiger partial charge in [0, 0.05) is 61.9 Å². The quantitative estimate of drug-likeness (QED) is 0.324. The zero-order valence-corrected chi connectivity index (χ0v) is 21.3. The largest absolute Gasteiger partial charge is 0.395 e. The Morgan fingerprint density at radius 2 is 1.68 bits per heavy atom. The lowest BCUT2D eigenvalue weighted by molar-refractivity contribution is 0.189. The lowest BCUT2D eigenvalue weighted by atomic mass is 10.2. The van der Waals surface area contributed by atoms with Gasteiger partial charge in [0.1, 0.15) is 4.90 Å². The van der Waals surface area contributed by atoms with E-state index < -0.39 is 10.0 Å². The Labute approximate surface area is 219 Å². The third-order valence-electron chi connectivity index (χ3n) is 6.66. The van der Waals surface area contributed by atoms with Crippen LogP contribution in [0, 0.1) is 0 Å². The average molecular weight is 531 g/mol. The fraction of sp³-hybridized carbons (Fsp3) is 0.231. The van der Waals surface area contributed by atoms with Gasteiger partial charge in [0.25, 0.3) is 10.0 Å². The first kappa shape index (κ1) is 24.2. The summed E-state index contributed by atoms with van der Waals surface area (Å²) in [6, 6.07) is 16.5. The smallest absolute Gasteiger partial charge is 0.287 e. The number of aliphatic hydroxyl groups is 1. The highest BCUT2D eigenvalue weighted by Crippen LogP contribution is 2.26. The van der Waals surface area contributed by atoms with Gasteiger partial charge in [0.15, 0.2) is 5.65 Å². The van der Waals surface area contributed by atoms with Crippen molar-refractivity contribution < 1.29 is 13.5 Å². The van der Waals surface area contributed by atoms with Gasteiger partial charge in [-0.1, -0.05) is 18.2 Å². The first-order chi connectivity index (χ1) is 18.5. The minimum atomic E-state index is -4.06. The Bertz CT molecular complexity index is 1690. The zero-order valence-electron chi connectivity index (χ0n) is 20.5. The molecule has 2 N–H and O–H groups in total. The molecule has 0 unspecified atom stereocenters. The minimum absolute atomic E-state index is 0.0569. The summed E-state index contributed by atoms with van der Waals surface area (Å²) >= 11 is 0. The normalized spacial score (nSPS) is 14.8. The van der Waals surface area contributed by atoms with Crippen LogP contribution in [-0.4, -0.2) is 81.9 Å². The van der Waals surface area contributed by atoms with E-state index in [1.165, 1.54) is 12.3 Å². The van der Waals surface area contributed by atoms with Crippen LogP contribution in [0.15, 0.2) is 78.1 Å². The van der Waals surface area contributed by atoms with Gasteiger partial charge in [-0.05, 0) is 36.4 Å². The number of β-amino-alcohol motifs (C(OH)–C–C–N with tert-alkyl or cyclic N) is 1. The fourth-order valence-electron chi connectivity index (χ4n) is 4.67. The molecule has 0 saturated carbocycles. The predicted molar refractivity (Wildman–Crippen MR) is 145 cm³/mol. The number of nitrogens with one attached hydrogen (secondary N) is 1. The Hall–Kier alpha value is -4.13. The van der Waals surface area contributed by atoms with Crippen molar-refractivity contribution in [2.45, 2.75) is 4.90 Å². The van der Waals surface area contributed by atoms with Gasteiger partial charge < -0.3 is 15.3 Å². The van der Waals surface area contributed by atoms with E-state index in [2.05, 4.69) is 35.2 Å². The van der Waals surface area contributed by atoms with Gasteiger partial charge in [0.05, 0.1) is 23.7 Å². The standard InChI is InChI=1S/C26H26N8O3S/c35-16-15-32-11-13-33(14-12-32)22-8-6-21(7-9-22)30-26-28-17-20-18-29-34(25(20)31-26)38(36,37)23-5-1-3-19-4-2-10-27-24(19)23/h1-10,17-18,35H,11-16H2,(H,28,30,31). The van der Waals surface area contributed by atoms with Gasteiger partial charge in [-0.3, -0.25) is 9.88 Å². The van der Waals surface area contributed by atoms with Crippen molar-refractivity contribution in [3.05, 3.63) is 73.2 Å². The molecule has 1 saturated heterocycles. The Kier molecular flexibility index (Phi) is 6.35. The van der Waals surface area contributed by atoms with Crippen LogP contribution in [0.5, 0.6) is 0 Å². The molecule has 1 aliphatic rings. The number of aromatic nitrogens is 5. The molecule has 5 aromatic rings. The number of hydrogen-bond acceptors (Lipinski definition) is 10. The minimum Gasteiger partial charge on any atom is -0.395 e. The molecular weight excluding hydrogens is 504 g/mol. The molecule has 3 aromatic heterocycles. The van der Waals surface area contributed by atoms with E-state index in [-0.39, 0.29) is 23.1 Å². The average Bonchev–Trinajstić information content (AvgIpc) is 3.38. The summed E-state index contributed by atoms with van der Waals surface area (Å²) in [5, 5.41) is 17.6. The van der Waals surface area contributed by atoms with Crippen molar-refractivity contribution in [3.8, 4) is 0 Å². The highest BCUT2D eigenvalue weighted by Gasteiger charge is 2.25. The summed E-state index contributed by atoms with van der Waals surface area (Å²) in [6.07, 6.45) is 4.55. The molecule has 38 heavy (non-hydrogen) atoms. The maximum atomic E-state index is 13.6. The molecule has 0 aliphatic carbocycles. The lowest BCUT2D eigenvalue weighted by Gasteiger charge is -2.35. The van der Waals surface area contributed by atoms with Crippen LogP contribution in [0.2, 0.25) is 0 Å². The van der Waals surface area contributed by atoms with Gasteiger partial charge in [-0.15, -0.1) is 4.09 Å². The number of nitrogens with zero attached hydrogens (tertiary/aromatic N) is 7. The highest BCUT2D eigenvalue weighted by atomic mass is 32.2. The second-order valence-corrected chi connectivity index (χ2v) is 10.8. The summed E-state index contributed by atoms with van der Waals surface area (Å²) in [6.45, 7) is 4.52. The maximum Gasteiger partial charge on any atom is 0.287 e. The molecular formula is C26H26N8O3S. The number of piperazine rings is 1. The molecule has 2 aromatic carbocycles. The number of benzene rings is 2. The molecule has 1 aliphatic heterocycles. The van der Waals surface area contributed by atoms with Crippen LogP contribution in [0.25, 0.3) is 21.9 Å². The van der Waals surface area contributed by atoms with Crippen LogP contribution in [0.4, 0.5) is 17.3 Å². The van der Waals surface area contributed by atoms with Gasteiger partial charge >= 0.3 is 0 Å². The first-order valence-electron chi connectivity index (χ1n) is 12.3. The molecule has 6 rings (SSSR count). The number of hydrogen-bond donors (Lipinski definition) is 2. The third kappa shape index (κ3) is 4.53. The Morgan fingerprint density at radius 3 is 2.47 bits per heavy atom.